The molecule has 20 heavy (non-hydrogen) atoms. The van der Waals surface area contributed by atoms with Crippen molar-refractivity contribution in [2.75, 3.05) is 0 Å². The van der Waals surface area contributed by atoms with Gasteiger partial charge in [-0.25, -0.2) is 4.98 Å². The molecule has 94 valence electrons. The van der Waals surface area contributed by atoms with Crippen LogP contribution in [0.5, 0.6) is 0 Å². The largest absolute Gasteiger partial charge is 0.298 e. The minimum atomic E-state index is 0.679. The first-order valence-corrected chi connectivity index (χ1v) is 7.68. The second kappa shape index (κ2) is 4.33. The first-order chi connectivity index (χ1) is 9.65. The molecule has 0 fully saturated rings. The van der Waals surface area contributed by atoms with Crippen molar-refractivity contribution in [1.82, 2.24) is 9.38 Å². The topological polar surface area (TPSA) is 17.3 Å². The van der Waals surface area contributed by atoms with E-state index in [0.717, 1.165) is 36.4 Å². The summed E-state index contributed by atoms with van der Waals surface area (Å²) in [6.07, 6.45) is 2.04. The van der Waals surface area contributed by atoms with Crippen LogP contribution >= 0.6 is 31.9 Å². The molecule has 0 N–H and O–H groups in total. The molecular weight excluding hydrogens is 379 g/mol. The fourth-order valence-corrected chi connectivity index (χ4v) is 3.59. The predicted octanol–water partition coefficient (Wildman–Crippen LogP) is 3.96. The van der Waals surface area contributed by atoms with Crippen molar-refractivity contribution in [3.8, 4) is 0 Å². The zero-order chi connectivity index (χ0) is 13.9. The maximum absolute atomic E-state index is 6.09. The van der Waals surface area contributed by atoms with Gasteiger partial charge < -0.3 is 0 Å². The molecule has 4 aromatic rings. The van der Waals surface area contributed by atoms with E-state index in [1.54, 1.807) is 0 Å². The fraction of sp³-hybridized carbons (Fsp3) is 0. The molecule has 2 heterocycles. The van der Waals surface area contributed by atoms with E-state index in [1.165, 1.54) is 0 Å². The van der Waals surface area contributed by atoms with Crippen molar-refractivity contribution in [3.63, 3.8) is 0 Å². The molecule has 0 spiro atoms. The third kappa shape index (κ3) is 1.66. The number of aromatic nitrogens is 2. The molecule has 2 aromatic heterocycles. The highest BCUT2D eigenvalue weighted by atomic mass is 79.9. The SMILES string of the molecule is [B]c1cc(Br)cc2c1nc1c3ccccc3c(Br)cn21. The third-order valence-corrected chi connectivity index (χ3v) is 4.55. The second-order valence-corrected chi connectivity index (χ2v) is 6.46. The van der Waals surface area contributed by atoms with Gasteiger partial charge in [-0.05, 0) is 22.0 Å². The van der Waals surface area contributed by atoms with Crippen LogP contribution in [0.2, 0.25) is 0 Å². The standard InChI is InChI=1S/C15H7BBr2N2/c16-11-5-8(17)6-13-14(11)19-15-10-4-2-1-3-9(10)12(18)7-20(13)15/h1-7H. The van der Waals surface area contributed by atoms with Gasteiger partial charge in [-0.3, -0.25) is 4.40 Å². The maximum atomic E-state index is 6.09. The molecule has 0 saturated carbocycles. The Hall–Kier alpha value is -1.33. The summed E-state index contributed by atoms with van der Waals surface area (Å²) < 4.78 is 4.06. The van der Waals surface area contributed by atoms with E-state index >= 15 is 0 Å². The average molecular weight is 386 g/mol. The first-order valence-electron chi connectivity index (χ1n) is 6.09. The third-order valence-electron chi connectivity index (χ3n) is 3.46. The van der Waals surface area contributed by atoms with Gasteiger partial charge in [0.05, 0.1) is 11.0 Å². The zero-order valence-corrected chi connectivity index (χ0v) is 13.4. The lowest BCUT2D eigenvalue weighted by Gasteiger charge is -2.04. The highest BCUT2D eigenvalue weighted by Crippen LogP contribution is 2.30. The van der Waals surface area contributed by atoms with Crippen LogP contribution in [0.1, 0.15) is 0 Å². The Morgan fingerprint density at radius 2 is 1.80 bits per heavy atom. The summed E-state index contributed by atoms with van der Waals surface area (Å²) in [5.74, 6) is 0. The smallest absolute Gasteiger partial charge is 0.145 e. The van der Waals surface area contributed by atoms with Crippen LogP contribution in [0.15, 0.2) is 51.5 Å². The number of rotatable bonds is 0. The van der Waals surface area contributed by atoms with E-state index in [9.17, 15) is 0 Å². The number of halogens is 2. The number of pyridine rings is 1. The van der Waals surface area contributed by atoms with E-state index in [-0.39, 0.29) is 0 Å². The van der Waals surface area contributed by atoms with E-state index in [1.807, 2.05) is 30.5 Å². The van der Waals surface area contributed by atoms with E-state index in [0.29, 0.717) is 5.46 Å². The molecule has 2 aromatic carbocycles. The summed E-state index contributed by atoms with van der Waals surface area (Å²) in [4.78, 5) is 4.72. The number of hydrogen-bond acceptors (Lipinski definition) is 1. The van der Waals surface area contributed by atoms with Crippen LogP contribution < -0.4 is 5.46 Å². The van der Waals surface area contributed by atoms with Crippen LogP contribution in [-0.4, -0.2) is 17.2 Å². The Kier molecular flexibility index (Phi) is 2.69. The summed E-state index contributed by atoms with van der Waals surface area (Å²) >= 11 is 7.12. The van der Waals surface area contributed by atoms with E-state index in [2.05, 4.69) is 48.4 Å². The van der Waals surface area contributed by atoms with E-state index in [4.69, 9.17) is 12.8 Å². The number of imidazole rings is 1. The van der Waals surface area contributed by atoms with Crippen LogP contribution in [0.25, 0.3) is 27.5 Å². The molecule has 0 unspecified atom stereocenters. The number of nitrogens with zero attached hydrogens (tertiary/aromatic N) is 2. The van der Waals surface area contributed by atoms with Crippen molar-refractivity contribution >= 4 is 72.6 Å². The van der Waals surface area contributed by atoms with E-state index < -0.39 is 0 Å². The van der Waals surface area contributed by atoms with Crippen LogP contribution in [0.4, 0.5) is 0 Å². The normalized spacial score (nSPS) is 11.7. The molecule has 0 aliphatic heterocycles. The van der Waals surface area contributed by atoms with Crippen LogP contribution in [0, 0.1) is 0 Å². The lowest BCUT2D eigenvalue weighted by molar-refractivity contribution is 1.23. The Labute approximate surface area is 133 Å². The van der Waals surface area contributed by atoms with Gasteiger partial charge in [0.1, 0.15) is 13.5 Å². The maximum Gasteiger partial charge on any atom is 0.145 e. The lowest BCUT2D eigenvalue weighted by Crippen LogP contribution is -2.03. The summed E-state index contributed by atoms with van der Waals surface area (Å²) in [5, 5.41) is 2.25. The Morgan fingerprint density at radius 3 is 2.60 bits per heavy atom. The molecule has 0 aliphatic carbocycles. The number of benzene rings is 2. The van der Waals surface area contributed by atoms with Crippen molar-refractivity contribution < 1.29 is 0 Å². The Morgan fingerprint density at radius 1 is 1.05 bits per heavy atom. The highest BCUT2D eigenvalue weighted by molar-refractivity contribution is 9.11. The molecule has 2 radical (unpaired) electrons. The second-order valence-electron chi connectivity index (χ2n) is 4.69. The molecule has 2 nitrogen and oxygen atoms in total. The van der Waals surface area contributed by atoms with Crippen molar-refractivity contribution in [3.05, 3.63) is 51.5 Å². The Balaban J connectivity index is 2.33. The first kappa shape index (κ1) is 12.4. The summed E-state index contributed by atoms with van der Waals surface area (Å²) in [6.45, 7) is 0. The van der Waals surface area contributed by atoms with Crippen molar-refractivity contribution in [1.29, 1.82) is 0 Å². The number of fused-ring (bicyclic) bond motifs is 5. The van der Waals surface area contributed by atoms with Gasteiger partial charge >= 0.3 is 0 Å². The van der Waals surface area contributed by atoms with Gasteiger partial charge in [0.2, 0.25) is 0 Å². The Bertz CT molecular complexity index is 992. The molecule has 0 bridgehead atoms. The molecule has 0 atom stereocenters. The summed E-state index contributed by atoms with van der Waals surface area (Å²) in [5.41, 5.74) is 3.43. The minimum absolute atomic E-state index is 0.679. The summed E-state index contributed by atoms with van der Waals surface area (Å²) in [6, 6.07) is 12.1. The fourth-order valence-electron chi connectivity index (χ4n) is 2.57. The van der Waals surface area contributed by atoms with Gasteiger partial charge in [-0.1, -0.05) is 51.7 Å². The van der Waals surface area contributed by atoms with Crippen molar-refractivity contribution in [2.24, 2.45) is 0 Å². The molecular formula is C15H7BBr2N2. The quantitative estimate of drug-likeness (QED) is 0.419. The van der Waals surface area contributed by atoms with Gasteiger partial charge in [-0.15, -0.1) is 0 Å². The number of hydrogen-bond donors (Lipinski definition) is 0. The molecule has 0 amide bonds. The molecule has 0 aliphatic rings. The molecule has 0 saturated heterocycles. The van der Waals surface area contributed by atoms with Gasteiger partial charge in [0, 0.05) is 25.9 Å². The zero-order valence-electron chi connectivity index (χ0n) is 10.3. The van der Waals surface area contributed by atoms with Gasteiger partial charge in [-0.2, -0.15) is 0 Å². The van der Waals surface area contributed by atoms with Crippen LogP contribution in [0.3, 0.4) is 0 Å². The lowest BCUT2D eigenvalue weighted by atomic mass is 9.95. The molecule has 4 rings (SSSR count). The summed E-state index contributed by atoms with van der Waals surface area (Å²) in [7, 11) is 6.09. The van der Waals surface area contributed by atoms with Crippen molar-refractivity contribution in [2.45, 2.75) is 0 Å². The van der Waals surface area contributed by atoms with Crippen LogP contribution in [-0.2, 0) is 0 Å². The average Bonchev–Trinajstić information content (AvgIpc) is 2.79. The predicted molar refractivity (Wildman–Crippen MR) is 91.0 cm³/mol. The minimum Gasteiger partial charge on any atom is -0.298 e. The highest BCUT2D eigenvalue weighted by Gasteiger charge is 2.12. The van der Waals surface area contributed by atoms with Gasteiger partial charge in [0.25, 0.3) is 0 Å². The van der Waals surface area contributed by atoms with Gasteiger partial charge in [0.15, 0.2) is 0 Å². The monoisotopic (exact) mass is 384 g/mol. The molecule has 5 heteroatoms.